The molecule has 0 radical (unpaired) electrons. The van der Waals surface area contributed by atoms with Crippen LogP contribution in [0.2, 0.25) is 0 Å². The highest BCUT2D eigenvalue weighted by molar-refractivity contribution is 8.01. The van der Waals surface area contributed by atoms with Crippen LogP contribution in [0.1, 0.15) is 58.2 Å². The highest BCUT2D eigenvalue weighted by Gasteiger charge is 2.66. The number of fused-ring (bicyclic) bond motifs is 1. The summed E-state index contributed by atoms with van der Waals surface area (Å²) in [6, 6.07) is 11.0. The Morgan fingerprint density at radius 3 is 2.16 bits per heavy atom. The standard InChI is InChI=1S/C36H42N6O8S/c1-6-18(2)26(37)32(47)41(19(3)43)23-12-7-20(8-13-23)25-16-11-22(30(45)39-25)17-40(31(46)27(38)21-9-14-24(44)15-10-21)28-33(48)42-29(35(49)50)36(4,5)51-34(28)42/h7-16,18,26-29,34,44H,6,17,37-38H2,1-5H3,(H,39,45)(H,49,50)/t18-,26-,27?,28+,29-,34+/m0/s1. The van der Waals surface area contributed by atoms with Crippen LogP contribution < -0.4 is 21.9 Å². The van der Waals surface area contributed by atoms with Crippen molar-refractivity contribution in [2.75, 3.05) is 4.90 Å². The first-order valence-corrected chi connectivity index (χ1v) is 17.4. The molecule has 0 spiro atoms. The fourth-order valence-corrected chi connectivity index (χ4v) is 8.17. The summed E-state index contributed by atoms with van der Waals surface area (Å²) in [4.78, 5) is 85.1. The van der Waals surface area contributed by atoms with E-state index in [0.29, 0.717) is 28.9 Å². The molecule has 2 saturated heterocycles. The van der Waals surface area contributed by atoms with E-state index in [1.54, 1.807) is 44.2 Å². The number of aromatic nitrogens is 1. The molecule has 1 aromatic heterocycles. The maximum atomic E-state index is 14.0. The van der Waals surface area contributed by atoms with Crippen molar-refractivity contribution >= 4 is 47.0 Å². The summed E-state index contributed by atoms with van der Waals surface area (Å²) in [6.07, 6.45) is 0.663. The summed E-state index contributed by atoms with van der Waals surface area (Å²) >= 11 is 1.26. The maximum Gasteiger partial charge on any atom is 0.327 e. The molecule has 1 unspecified atom stereocenters. The van der Waals surface area contributed by atoms with E-state index in [9.17, 15) is 39.0 Å². The smallest absolute Gasteiger partial charge is 0.327 e. The first-order valence-electron chi connectivity index (χ1n) is 16.5. The Kier molecular flexibility index (Phi) is 10.5. The number of nitrogens with two attached hydrogens (primary N) is 2. The van der Waals surface area contributed by atoms with Crippen molar-refractivity contribution in [3.63, 3.8) is 0 Å². The lowest BCUT2D eigenvalue weighted by molar-refractivity contribution is -0.169. The number of benzene rings is 2. The Hall–Kier alpha value is -4.99. The minimum atomic E-state index is -1.25. The third-order valence-electron chi connectivity index (χ3n) is 9.63. The van der Waals surface area contributed by atoms with E-state index in [1.807, 2.05) is 13.8 Å². The number of aromatic amines is 1. The molecule has 270 valence electrons. The summed E-state index contributed by atoms with van der Waals surface area (Å²) < 4.78 is -0.849. The second-order valence-electron chi connectivity index (χ2n) is 13.5. The van der Waals surface area contributed by atoms with E-state index in [2.05, 4.69) is 4.98 Å². The van der Waals surface area contributed by atoms with Crippen LogP contribution >= 0.6 is 11.8 Å². The number of H-pyrrole nitrogens is 1. The number of thioether (sulfide) groups is 1. The van der Waals surface area contributed by atoms with E-state index >= 15 is 0 Å². The van der Waals surface area contributed by atoms with Crippen LogP contribution in [0.5, 0.6) is 5.75 Å². The summed E-state index contributed by atoms with van der Waals surface area (Å²) in [5, 5.41) is 19.0. The van der Waals surface area contributed by atoms with Gasteiger partial charge in [-0.1, -0.05) is 44.5 Å². The monoisotopic (exact) mass is 718 g/mol. The Balaban J connectivity index is 1.43. The van der Waals surface area contributed by atoms with Gasteiger partial charge in [0.2, 0.25) is 17.7 Å². The summed E-state index contributed by atoms with van der Waals surface area (Å²) in [6.45, 7) is 8.17. The molecular weight excluding hydrogens is 676 g/mol. The molecule has 6 atom stereocenters. The number of nitrogens with one attached hydrogen (secondary N) is 1. The summed E-state index contributed by atoms with van der Waals surface area (Å²) in [7, 11) is 0. The topological polar surface area (TPSA) is 220 Å². The number of aliphatic carboxylic acids is 1. The van der Waals surface area contributed by atoms with Crippen molar-refractivity contribution in [3.8, 4) is 17.0 Å². The van der Waals surface area contributed by atoms with Gasteiger partial charge in [-0.25, -0.2) is 9.69 Å². The Morgan fingerprint density at radius 1 is 0.980 bits per heavy atom. The number of hydrogen-bond acceptors (Lipinski definition) is 10. The van der Waals surface area contributed by atoms with Crippen LogP contribution in [0.4, 0.5) is 5.69 Å². The Morgan fingerprint density at radius 2 is 1.61 bits per heavy atom. The largest absolute Gasteiger partial charge is 0.508 e. The zero-order chi connectivity index (χ0) is 37.5. The number of carboxylic acids is 1. The van der Waals surface area contributed by atoms with Crippen LogP contribution in [0.15, 0.2) is 65.5 Å². The second-order valence-corrected chi connectivity index (χ2v) is 15.2. The quantitative estimate of drug-likeness (QED) is 0.181. The van der Waals surface area contributed by atoms with Crippen LogP contribution in [0.3, 0.4) is 0 Å². The molecule has 0 saturated carbocycles. The number of hydrogen-bond donors (Lipinski definition) is 5. The maximum absolute atomic E-state index is 14.0. The van der Waals surface area contributed by atoms with Gasteiger partial charge in [-0.2, -0.15) is 0 Å². The molecule has 15 heteroatoms. The highest BCUT2D eigenvalue weighted by atomic mass is 32.2. The summed E-state index contributed by atoms with van der Waals surface area (Å²) in [5.74, 6) is -3.54. The molecule has 2 aliphatic rings. The summed E-state index contributed by atoms with van der Waals surface area (Å²) in [5.41, 5.74) is 13.8. The number of imide groups is 1. The number of pyridine rings is 1. The number of carbonyl (C=O) groups excluding carboxylic acids is 4. The van der Waals surface area contributed by atoms with E-state index < -0.39 is 69.4 Å². The number of nitrogens with zero attached hydrogens (tertiary/aromatic N) is 3. The molecule has 3 heterocycles. The van der Waals surface area contributed by atoms with Crippen molar-refractivity contribution in [1.82, 2.24) is 14.8 Å². The van der Waals surface area contributed by atoms with Crippen molar-refractivity contribution in [3.05, 3.63) is 82.1 Å². The molecule has 2 aliphatic heterocycles. The second kappa shape index (κ2) is 14.3. The molecule has 4 amide bonds. The number of carboxylic acid groups (broad SMARTS) is 1. The lowest BCUT2D eigenvalue weighted by atomic mass is 9.94. The van der Waals surface area contributed by atoms with Gasteiger partial charge in [-0.3, -0.25) is 24.0 Å². The number of anilines is 1. The first kappa shape index (κ1) is 37.3. The van der Waals surface area contributed by atoms with Crippen LogP contribution in [-0.4, -0.2) is 82.8 Å². The third kappa shape index (κ3) is 7.01. The van der Waals surface area contributed by atoms with E-state index in [4.69, 9.17) is 11.5 Å². The minimum Gasteiger partial charge on any atom is -0.508 e. The zero-order valence-corrected chi connectivity index (χ0v) is 29.7. The van der Waals surface area contributed by atoms with Gasteiger partial charge in [-0.15, -0.1) is 11.8 Å². The van der Waals surface area contributed by atoms with Gasteiger partial charge < -0.3 is 36.5 Å². The zero-order valence-electron chi connectivity index (χ0n) is 28.9. The van der Waals surface area contributed by atoms with Crippen LogP contribution in [0, 0.1) is 5.92 Å². The predicted molar refractivity (Wildman–Crippen MR) is 191 cm³/mol. The minimum absolute atomic E-state index is 0.0268. The molecule has 51 heavy (non-hydrogen) atoms. The average molecular weight is 719 g/mol. The number of phenols is 1. The lowest BCUT2D eigenvalue weighted by Gasteiger charge is -2.48. The number of phenolic OH excluding ortho intramolecular Hbond substituents is 1. The lowest BCUT2D eigenvalue weighted by Crippen LogP contribution is -2.71. The molecule has 14 nitrogen and oxygen atoms in total. The van der Waals surface area contributed by atoms with Crippen LogP contribution in [0.25, 0.3) is 11.3 Å². The molecule has 2 aromatic carbocycles. The molecule has 0 aliphatic carbocycles. The predicted octanol–water partition coefficient (Wildman–Crippen LogP) is 2.54. The average Bonchev–Trinajstić information content (AvgIpc) is 3.34. The van der Waals surface area contributed by atoms with Gasteiger partial charge in [-0.05, 0) is 67.3 Å². The molecule has 2 fully saturated rings. The van der Waals surface area contributed by atoms with Gasteiger partial charge in [0.25, 0.3) is 11.5 Å². The molecule has 3 aromatic rings. The SMILES string of the molecule is CC[C@H](C)[C@H](N)C(=O)N(C(C)=O)c1ccc(-c2ccc(CN(C(=O)C(N)c3ccc(O)cc3)[C@@H]3C(=O)N4[C@@H]3SC(C)(C)[C@@H]4C(=O)O)c(=O)[nH]2)cc1. The van der Waals surface area contributed by atoms with E-state index in [-0.39, 0.29) is 23.8 Å². The first-order chi connectivity index (χ1) is 24.0. The van der Waals surface area contributed by atoms with Crippen molar-refractivity contribution in [1.29, 1.82) is 0 Å². The molecule has 0 bridgehead atoms. The third-order valence-corrected chi connectivity index (χ3v) is 11.2. The number of aromatic hydroxyl groups is 1. The van der Waals surface area contributed by atoms with Gasteiger partial charge >= 0.3 is 5.97 Å². The van der Waals surface area contributed by atoms with Gasteiger partial charge in [0, 0.05) is 22.9 Å². The van der Waals surface area contributed by atoms with Gasteiger partial charge in [0.15, 0.2) is 0 Å². The Bertz CT molecular complexity index is 1910. The highest BCUT2D eigenvalue weighted by Crippen LogP contribution is 2.52. The van der Waals surface area contributed by atoms with Crippen molar-refractivity contribution in [2.45, 2.75) is 81.9 Å². The number of carbonyl (C=O) groups is 5. The molecular formula is C36H42N6O8S. The van der Waals surface area contributed by atoms with Crippen molar-refractivity contribution < 1.29 is 34.2 Å². The Labute approximate surface area is 298 Å². The number of amides is 4. The molecule has 5 rings (SSSR count). The fourth-order valence-electron chi connectivity index (χ4n) is 6.48. The number of rotatable bonds is 11. The van der Waals surface area contributed by atoms with E-state index in [1.165, 1.54) is 58.8 Å². The van der Waals surface area contributed by atoms with Gasteiger partial charge in [0.1, 0.15) is 29.2 Å². The fraction of sp³-hybridized carbons (Fsp3) is 0.389. The van der Waals surface area contributed by atoms with Crippen molar-refractivity contribution in [2.24, 2.45) is 17.4 Å². The normalized spacial score (nSPS) is 20.8. The number of β-lactam (4-membered cyclic amide) rings is 1. The van der Waals surface area contributed by atoms with Gasteiger partial charge in [0.05, 0.1) is 18.3 Å². The molecule has 7 N–H and O–H groups in total. The van der Waals surface area contributed by atoms with Crippen LogP contribution in [-0.2, 0) is 30.5 Å². The van der Waals surface area contributed by atoms with E-state index in [0.717, 1.165) is 4.90 Å².